The molecule has 0 atom stereocenters. The predicted molar refractivity (Wildman–Crippen MR) is 22.5 cm³/mol. The summed E-state index contributed by atoms with van der Waals surface area (Å²) >= 11 is 0. The van der Waals surface area contributed by atoms with Crippen LogP contribution >= 0.6 is 0 Å². The molecule has 0 N–H and O–H groups in total. The fraction of sp³-hybridized carbons (Fsp3) is 0.600. The van der Waals surface area contributed by atoms with Gasteiger partial charge in [0.15, 0.2) is 0 Å². The molecule has 0 spiro atoms. The summed E-state index contributed by atoms with van der Waals surface area (Å²) in [5, 5.41) is 0. The summed E-state index contributed by atoms with van der Waals surface area (Å²) in [5.41, 5.74) is 0. The average molecular weight is 83.1 g/mol. The van der Waals surface area contributed by atoms with Crippen LogP contribution in [0.3, 0.4) is 0 Å². The molecular formula is C5H7O. The minimum atomic E-state index is 0.997. The maximum atomic E-state index is 4.69. The Morgan fingerprint density at radius 2 is 2.67 bits per heavy atom. The molecule has 0 aromatic heterocycles. The Kier molecular flexibility index (Phi) is 1.51. The summed E-state index contributed by atoms with van der Waals surface area (Å²) in [5.74, 6) is 0. The summed E-state index contributed by atoms with van der Waals surface area (Å²) in [7, 11) is 0. The Morgan fingerprint density at radius 1 is 1.67 bits per heavy atom. The van der Waals surface area contributed by atoms with Crippen molar-refractivity contribution in [2.75, 3.05) is 0 Å². The smallest absolute Gasteiger partial charge is 0.132 e. The highest BCUT2D eigenvalue weighted by atomic mass is 16.5. The minimum Gasteiger partial charge on any atom is -0.363 e. The lowest BCUT2D eigenvalue weighted by molar-refractivity contribution is 0.221. The van der Waals surface area contributed by atoms with Gasteiger partial charge in [-0.25, -0.2) is 0 Å². The normalized spacial score (nSPS) is 24.0. The Morgan fingerprint density at radius 3 is 2.83 bits per heavy atom. The van der Waals surface area contributed by atoms with Crippen molar-refractivity contribution in [3.8, 4) is 0 Å². The lowest BCUT2D eigenvalue weighted by Crippen LogP contribution is -1.92. The fourth-order valence-electron chi connectivity index (χ4n) is 0.434. The highest BCUT2D eigenvalue weighted by molar-refractivity contribution is 4.64. The third-order valence-corrected chi connectivity index (χ3v) is 0.767. The highest BCUT2D eigenvalue weighted by Gasteiger charge is 1.97. The van der Waals surface area contributed by atoms with Gasteiger partial charge in [0.25, 0.3) is 0 Å². The van der Waals surface area contributed by atoms with E-state index in [0.717, 1.165) is 12.8 Å². The van der Waals surface area contributed by atoms with Crippen LogP contribution in [0.4, 0.5) is 0 Å². The molecule has 0 unspecified atom stereocenters. The largest absolute Gasteiger partial charge is 0.363 e. The lowest BCUT2D eigenvalue weighted by atomic mass is 10.2. The van der Waals surface area contributed by atoms with Crippen molar-refractivity contribution >= 4 is 0 Å². The van der Waals surface area contributed by atoms with E-state index in [4.69, 9.17) is 4.74 Å². The van der Waals surface area contributed by atoms with Gasteiger partial charge in [-0.15, -0.1) is 0 Å². The van der Waals surface area contributed by atoms with Crippen LogP contribution in [0.15, 0.2) is 0 Å². The summed E-state index contributed by atoms with van der Waals surface area (Å²) < 4.78 is 4.69. The molecule has 0 amide bonds. The molecule has 1 rings (SSSR count). The van der Waals surface area contributed by atoms with Gasteiger partial charge in [-0.1, -0.05) is 0 Å². The number of rotatable bonds is 0. The monoisotopic (exact) mass is 83.0 g/mol. The first-order valence-corrected chi connectivity index (χ1v) is 2.20. The van der Waals surface area contributed by atoms with Gasteiger partial charge in [-0.3, -0.25) is 0 Å². The molecule has 1 fully saturated rings. The molecular weight excluding hydrogens is 76.1 g/mol. The van der Waals surface area contributed by atoms with Gasteiger partial charge in [-0.2, -0.15) is 0 Å². The van der Waals surface area contributed by atoms with E-state index in [1.807, 2.05) is 0 Å². The molecule has 1 nitrogen and oxygen atoms in total. The summed E-state index contributed by atoms with van der Waals surface area (Å²) in [6, 6.07) is 0. The Hall–Kier alpha value is -0.0400. The highest BCUT2D eigenvalue weighted by Crippen LogP contribution is 2.10. The molecule has 0 aliphatic carbocycles. The van der Waals surface area contributed by atoms with Crippen LogP contribution in [0.1, 0.15) is 19.3 Å². The summed E-state index contributed by atoms with van der Waals surface area (Å²) in [6.45, 7) is 4.51. The van der Waals surface area contributed by atoms with Crippen LogP contribution in [0.25, 0.3) is 0 Å². The first kappa shape index (κ1) is 4.13. The minimum absolute atomic E-state index is 0.997. The van der Waals surface area contributed by atoms with Gasteiger partial charge in [0.05, 0.1) is 6.61 Å². The molecule has 33 valence electrons. The van der Waals surface area contributed by atoms with E-state index in [-0.39, 0.29) is 0 Å². The first-order valence-electron chi connectivity index (χ1n) is 2.20. The molecule has 3 radical (unpaired) electrons. The Bertz CT molecular complexity index is 19.4. The standard InChI is InChI=1S/C5H7O/c1-2-4-6-5-3-1/h4H,1-3H2. The predicted octanol–water partition coefficient (Wildman–Crippen LogP) is 1.39. The molecule has 0 bridgehead atoms. The van der Waals surface area contributed by atoms with Gasteiger partial charge in [0.2, 0.25) is 0 Å². The van der Waals surface area contributed by atoms with E-state index in [2.05, 4.69) is 6.61 Å². The third-order valence-electron chi connectivity index (χ3n) is 0.767. The first-order chi connectivity index (χ1) is 3.00. The molecule has 6 heavy (non-hydrogen) atoms. The van der Waals surface area contributed by atoms with E-state index in [9.17, 15) is 0 Å². The van der Waals surface area contributed by atoms with E-state index < -0.39 is 0 Å². The van der Waals surface area contributed by atoms with Crippen molar-refractivity contribution in [2.45, 2.75) is 19.3 Å². The molecule has 1 heterocycles. The van der Waals surface area contributed by atoms with Crippen molar-refractivity contribution in [3.63, 3.8) is 0 Å². The van der Waals surface area contributed by atoms with Gasteiger partial charge in [-0.05, 0) is 19.3 Å². The van der Waals surface area contributed by atoms with Gasteiger partial charge in [0.1, 0.15) is 6.61 Å². The molecule has 1 heteroatoms. The van der Waals surface area contributed by atoms with Crippen LogP contribution in [0.5, 0.6) is 0 Å². The number of hydrogen-bond acceptors (Lipinski definition) is 1. The SMILES string of the molecule is [C]1CCC[CH]O1. The van der Waals surface area contributed by atoms with Gasteiger partial charge in [0, 0.05) is 0 Å². The Labute approximate surface area is 38.3 Å². The molecule has 1 aliphatic rings. The zero-order valence-electron chi connectivity index (χ0n) is 3.61. The van der Waals surface area contributed by atoms with Crippen LogP contribution in [-0.2, 0) is 4.74 Å². The second-order valence-corrected chi connectivity index (χ2v) is 1.32. The quantitative estimate of drug-likeness (QED) is 0.430. The zero-order chi connectivity index (χ0) is 4.24. The maximum absolute atomic E-state index is 4.69. The second kappa shape index (κ2) is 2.19. The van der Waals surface area contributed by atoms with Gasteiger partial charge >= 0.3 is 0 Å². The molecule has 0 aromatic rings. The van der Waals surface area contributed by atoms with Crippen molar-refractivity contribution in [1.82, 2.24) is 0 Å². The van der Waals surface area contributed by atoms with Gasteiger partial charge < -0.3 is 4.74 Å². The van der Waals surface area contributed by atoms with Crippen LogP contribution in [0, 0.1) is 13.2 Å². The second-order valence-electron chi connectivity index (χ2n) is 1.32. The third kappa shape index (κ3) is 0.977. The van der Waals surface area contributed by atoms with Crippen molar-refractivity contribution in [3.05, 3.63) is 13.2 Å². The van der Waals surface area contributed by atoms with E-state index in [1.54, 1.807) is 6.61 Å². The summed E-state index contributed by atoms with van der Waals surface area (Å²) in [4.78, 5) is 0. The lowest BCUT2D eigenvalue weighted by Gasteiger charge is -2.05. The summed E-state index contributed by atoms with van der Waals surface area (Å²) in [6.07, 6.45) is 3.30. The molecule has 0 aromatic carbocycles. The van der Waals surface area contributed by atoms with Crippen LogP contribution in [-0.4, -0.2) is 0 Å². The molecule has 1 saturated heterocycles. The Balaban J connectivity index is 2.00. The molecule has 0 saturated carbocycles. The van der Waals surface area contributed by atoms with Crippen molar-refractivity contribution < 1.29 is 4.74 Å². The van der Waals surface area contributed by atoms with Crippen LogP contribution in [0.2, 0.25) is 0 Å². The fourth-order valence-corrected chi connectivity index (χ4v) is 0.434. The van der Waals surface area contributed by atoms with Crippen molar-refractivity contribution in [1.29, 1.82) is 0 Å². The van der Waals surface area contributed by atoms with Crippen molar-refractivity contribution in [2.24, 2.45) is 0 Å². The number of ether oxygens (including phenoxy) is 1. The van der Waals surface area contributed by atoms with E-state index >= 15 is 0 Å². The topological polar surface area (TPSA) is 9.23 Å². The average Bonchev–Trinajstić information content (AvgIpc) is 1.72. The zero-order valence-corrected chi connectivity index (χ0v) is 3.61. The number of hydrogen-bond donors (Lipinski definition) is 0. The molecule has 1 aliphatic heterocycles. The van der Waals surface area contributed by atoms with E-state index in [1.165, 1.54) is 6.42 Å². The van der Waals surface area contributed by atoms with Crippen LogP contribution < -0.4 is 0 Å². The van der Waals surface area contributed by atoms with E-state index in [0.29, 0.717) is 0 Å². The maximum Gasteiger partial charge on any atom is 0.132 e.